The van der Waals surface area contributed by atoms with Crippen LogP contribution in [-0.2, 0) is 4.74 Å². The Bertz CT molecular complexity index is 734. The zero-order chi connectivity index (χ0) is 14.9. The Hall–Kier alpha value is -1.78. The van der Waals surface area contributed by atoms with Crippen LogP contribution in [0.1, 0.15) is 16.1 Å². The lowest BCUT2D eigenvalue weighted by molar-refractivity contribution is 0.0596. The molecular weight excluding hydrogens is 303 g/mol. The standard InChI is InChI=1S/C14H10Cl2O4/c1-7-5-9(8-3-4-10(15)11(16)6-8)12(13(17)19-2)14(18)20-7/h3-6H,1-2H3. The van der Waals surface area contributed by atoms with E-state index in [4.69, 9.17) is 27.6 Å². The predicted octanol–water partition coefficient (Wildman–Crippen LogP) is 3.71. The van der Waals surface area contributed by atoms with Crippen LogP contribution >= 0.6 is 23.2 Å². The minimum atomic E-state index is -0.764. The first-order valence-corrected chi connectivity index (χ1v) is 6.38. The Morgan fingerprint density at radius 1 is 1.20 bits per heavy atom. The number of hydrogen-bond donors (Lipinski definition) is 0. The second-order valence-electron chi connectivity index (χ2n) is 4.05. The van der Waals surface area contributed by atoms with Crippen molar-refractivity contribution in [2.75, 3.05) is 7.11 Å². The van der Waals surface area contributed by atoms with Gasteiger partial charge in [-0.1, -0.05) is 29.3 Å². The van der Waals surface area contributed by atoms with Crippen molar-refractivity contribution in [2.24, 2.45) is 0 Å². The van der Waals surface area contributed by atoms with Crippen molar-refractivity contribution in [1.82, 2.24) is 0 Å². The average molecular weight is 313 g/mol. The minimum absolute atomic E-state index is 0.170. The fourth-order valence-electron chi connectivity index (χ4n) is 1.80. The summed E-state index contributed by atoms with van der Waals surface area (Å²) in [5.41, 5.74) is 0.0504. The molecule has 0 saturated heterocycles. The van der Waals surface area contributed by atoms with Crippen LogP contribution in [-0.4, -0.2) is 13.1 Å². The fraction of sp³-hybridized carbons (Fsp3) is 0.143. The van der Waals surface area contributed by atoms with E-state index in [0.29, 0.717) is 26.9 Å². The maximum absolute atomic E-state index is 11.9. The average Bonchev–Trinajstić information content (AvgIpc) is 2.40. The quantitative estimate of drug-likeness (QED) is 0.793. The van der Waals surface area contributed by atoms with Gasteiger partial charge in [0.15, 0.2) is 5.56 Å². The molecule has 104 valence electrons. The zero-order valence-corrected chi connectivity index (χ0v) is 12.2. The smallest absolute Gasteiger partial charge is 0.351 e. The van der Waals surface area contributed by atoms with E-state index in [0.717, 1.165) is 0 Å². The summed E-state index contributed by atoms with van der Waals surface area (Å²) >= 11 is 11.8. The number of hydrogen-bond acceptors (Lipinski definition) is 4. The van der Waals surface area contributed by atoms with Crippen LogP contribution in [0.2, 0.25) is 10.0 Å². The highest BCUT2D eigenvalue weighted by Crippen LogP contribution is 2.30. The highest BCUT2D eigenvalue weighted by molar-refractivity contribution is 6.42. The predicted molar refractivity (Wildman–Crippen MR) is 76.5 cm³/mol. The van der Waals surface area contributed by atoms with Crippen molar-refractivity contribution >= 4 is 29.2 Å². The van der Waals surface area contributed by atoms with Crippen LogP contribution in [0.15, 0.2) is 33.5 Å². The van der Waals surface area contributed by atoms with E-state index in [-0.39, 0.29) is 5.56 Å². The van der Waals surface area contributed by atoms with E-state index >= 15 is 0 Å². The second-order valence-corrected chi connectivity index (χ2v) is 4.87. The molecule has 0 aliphatic carbocycles. The molecule has 1 aromatic carbocycles. The van der Waals surface area contributed by atoms with Gasteiger partial charge in [-0.15, -0.1) is 0 Å². The van der Waals surface area contributed by atoms with Gasteiger partial charge >= 0.3 is 11.6 Å². The lowest BCUT2D eigenvalue weighted by atomic mass is 10.0. The van der Waals surface area contributed by atoms with Gasteiger partial charge in [0.1, 0.15) is 5.76 Å². The summed E-state index contributed by atoms with van der Waals surface area (Å²) in [7, 11) is 1.19. The van der Waals surface area contributed by atoms with Crippen molar-refractivity contribution in [3.05, 3.63) is 56.1 Å². The molecule has 4 nitrogen and oxygen atoms in total. The molecule has 0 N–H and O–H groups in total. The minimum Gasteiger partial charge on any atom is -0.465 e. The zero-order valence-electron chi connectivity index (χ0n) is 10.7. The number of benzene rings is 1. The van der Waals surface area contributed by atoms with E-state index in [1.54, 1.807) is 31.2 Å². The number of carbonyl (C=O) groups excluding carboxylic acids is 1. The number of ether oxygens (including phenoxy) is 1. The second kappa shape index (κ2) is 5.69. The first-order chi connectivity index (χ1) is 9.43. The Labute approximate surface area is 124 Å². The van der Waals surface area contributed by atoms with Gasteiger partial charge in [0.25, 0.3) is 0 Å². The summed E-state index contributed by atoms with van der Waals surface area (Å²) in [6, 6.07) is 6.40. The summed E-state index contributed by atoms with van der Waals surface area (Å²) < 4.78 is 9.55. The van der Waals surface area contributed by atoms with E-state index in [2.05, 4.69) is 4.74 Å². The van der Waals surface area contributed by atoms with Gasteiger partial charge < -0.3 is 9.15 Å². The Kier molecular flexibility index (Phi) is 4.16. The van der Waals surface area contributed by atoms with Crippen LogP contribution in [0.5, 0.6) is 0 Å². The van der Waals surface area contributed by atoms with Crippen LogP contribution in [0, 0.1) is 6.92 Å². The lowest BCUT2D eigenvalue weighted by Crippen LogP contribution is -2.17. The molecule has 2 aromatic rings. The number of esters is 1. The van der Waals surface area contributed by atoms with Gasteiger partial charge in [0.2, 0.25) is 0 Å². The highest BCUT2D eigenvalue weighted by Gasteiger charge is 2.20. The molecule has 0 aliphatic rings. The Morgan fingerprint density at radius 2 is 1.90 bits per heavy atom. The Morgan fingerprint density at radius 3 is 2.50 bits per heavy atom. The lowest BCUT2D eigenvalue weighted by Gasteiger charge is -2.08. The molecule has 0 saturated carbocycles. The van der Waals surface area contributed by atoms with E-state index < -0.39 is 11.6 Å². The van der Waals surface area contributed by atoms with E-state index in [9.17, 15) is 9.59 Å². The first-order valence-electron chi connectivity index (χ1n) is 5.62. The largest absolute Gasteiger partial charge is 0.465 e. The molecule has 20 heavy (non-hydrogen) atoms. The maximum Gasteiger partial charge on any atom is 0.351 e. The number of rotatable bonds is 2. The molecule has 6 heteroatoms. The van der Waals surface area contributed by atoms with Gasteiger partial charge in [0.05, 0.1) is 17.2 Å². The number of carbonyl (C=O) groups is 1. The van der Waals surface area contributed by atoms with Crippen LogP contribution in [0.3, 0.4) is 0 Å². The van der Waals surface area contributed by atoms with Gasteiger partial charge in [0, 0.05) is 5.56 Å². The molecule has 0 amide bonds. The van der Waals surface area contributed by atoms with Crippen molar-refractivity contribution in [3.8, 4) is 11.1 Å². The highest BCUT2D eigenvalue weighted by atomic mass is 35.5. The molecule has 0 radical (unpaired) electrons. The first kappa shape index (κ1) is 14.6. The van der Waals surface area contributed by atoms with E-state index in [1.165, 1.54) is 7.11 Å². The fourth-order valence-corrected chi connectivity index (χ4v) is 2.10. The van der Waals surface area contributed by atoms with E-state index in [1.807, 2.05) is 0 Å². The monoisotopic (exact) mass is 312 g/mol. The third kappa shape index (κ3) is 2.71. The number of methoxy groups -OCH3 is 1. The third-order valence-corrected chi connectivity index (χ3v) is 3.43. The molecule has 0 bridgehead atoms. The molecule has 0 unspecified atom stereocenters. The number of aryl methyl sites for hydroxylation is 1. The number of halogens is 2. The van der Waals surface area contributed by atoms with Crippen molar-refractivity contribution in [3.63, 3.8) is 0 Å². The summed E-state index contributed by atoms with van der Waals surface area (Å²) in [5.74, 6) is -0.386. The van der Waals surface area contributed by atoms with Gasteiger partial charge in [-0.25, -0.2) is 9.59 Å². The molecule has 0 spiro atoms. The van der Waals surface area contributed by atoms with Crippen molar-refractivity contribution < 1.29 is 13.9 Å². The third-order valence-electron chi connectivity index (χ3n) is 2.69. The molecule has 1 heterocycles. The van der Waals surface area contributed by atoms with Gasteiger partial charge in [-0.2, -0.15) is 0 Å². The van der Waals surface area contributed by atoms with Crippen LogP contribution in [0.25, 0.3) is 11.1 Å². The normalized spacial score (nSPS) is 10.4. The summed E-state index contributed by atoms with van der Waals surface area (Å²) in [6.07, 6.45) is 0. The molecule has 1 aromatic heterocycles. The van der Waals surface area contributed by atoms with Gasteiger partial charge in [-0.3, -0.25) is 0 Å². The van der Waals surface area contributed by atoms with Crippen LogP contribution < -0.4 is 5.63 Å². The Balaban J connectivity index is 2.75. The molecule has 0 aliphatic heterocycles. The van der Waals surface area contributed by atoms with Crippen molar-refractivity contribution in [2.45, 2.75) is 6.92 Å². The molecular formula is C14H10Cl2O4. The maximum atomic E-state index is 11.9. The molecule has 0 fully saturated rings. The van der Waals surface area contributed by atoms with Gasteiger partial charge in [-0.05, 0) is 30.7 Å². The topological polar surface area (TPSA) is 56.5 Å². The SMILES string of the molecule is COC(=O)c1c(-c2ccc(Cl)c(Cl)c2)cc(C)oc1=O. The van der Waals surface area contributed by atoms with Crippen LogP contribution in [0.4, 0.5) is 0 Å². The molecule has 0 atom stereocenters. The summed E-state index contributed by atoms with van der Waals surface area (Å²) in [6.45, 7) is 1.61. The van der Waals surface area contributed by atoms with Crippen molar-refractivity contribution in [1.29, 1.82) is 0 Å². The summed E-state index contributed by atoms with van der Waals surface area (Å²) in [4.78, 5) is 23.6. The summed E-state index contributed by atoms with van der Waals surface area (Å²) in [5, 5.41) is 0.709. The molecule has 2 rings (SSSR count).